The summed E-state index contributed by atoms with van der Waals surface area (Å²) in [5.74, 6) is 0.244. The number of piperidine rings is 1. The molecule has 0 atom stereocenters. The lowest BCUT2D eigenvalue weighted by Crippen LogP contribution is -2.36. The number of hydrogen-bond acceptors (Lipinski definition) is 5. The van der Waals surface area contributed by atoms with Gasteiger partial charge in [-0.1, -0.05) is 24.3 Å². The van der Waals surface area contributed by atoms with Crippen molar-refractivity contribution in [1.82, 2.24) is 14.3 Å². The quantitative estimate of drug-likeness (QED) is 0.463. The maximum absolute atomic E-state index is 13.4. The van der Waals surface area contributed by atoms with Crippen molar-refractivity contribution in [2.24, 2.45) is 0 Å². The highest BCUT2D eigenvalue weighted by molar-refractivity contribution is 6.02. The zero-order valence-corrected chi connectivity index (χ0v) is 18.2. The first-order valence-electron chi connectivity index (χ1n) is 10.7. The monoisotopic (exact) mass is 428 g/mol. The van der Waals surface area contributed by atoms with Crippen LogP contribution in [0.4, 0.5) is 0 Å². The van der Waals surface area contributed by atoms with Gasteiger partial charge in [-0.3, -0.25) is 14.0 Å². The maximum Gasteiger partial charge on any atom is 0.269 e. The SMILES string of the molecule is Cc1ccccc1Oc1nc2c(C)cccn2c(=O)c1C=C(C#N)C(=O)N1CCCCC1. The van der Waals surface area contributed by atoms with Crippen LogP contribution in [0.25, 0.3) is 11.7 Å². The lowest BCUT2D eigenvalue weighted by atomic mass is 10.1. The van der Waals surface area contributed by atoms with Crippen LogP contribution >= 0.6 is 0 Å². The molecule has 162 valence electrons. The van der Waals surface area contributed by atoms with Crippen molar-refractivity contribution in [2.45, 2.75) is 33.1 Å². The van der Waals surface area contributed by atoms with Crippen LogP contribution in [0.5, 0.6) is 11.6 Å². The second-order valence-electron chi connectivity index (χ2n) is 7.91. The normalized spacial score (nSPS) is 14.3. The van der Waals surface area contributed by atoms with Crippen molar-refractivity contribution >= 4 is 17.6 Å². The maximum atomic E-state index is 13.4. The molecule has 0 aliphatic carbocycles. The van der Waals surface area contributed by atoms with E-state index in [2.05, 4.69) is 4.98 Å². The average Bonchev–Trinajstić information content (AvgIpc) is 2.81. The molecule has 3 heterocycles. The molecule has 7 heteroatoms. The van der Waals surface area contributed by atoms with Crippen molar-refractivity contribution in [1.29, 1.82) is 5.26 Å². The number of nitrogens with zero attached hydrogens (tertiary/aromatic N) is 4. The smallest absolute Gasteiger partial charge is 0.269 e. The van der Waals surface area contributed by atoms with E-state index in [9.17, 15) is 14.9 Å². The number of rotatable bonds is 4. The number of carbonyl (C=O) groups excluding carboxylic acids is 1. The Morgan fingerprint density at radius 1 is 1.09 bits per heavy atom. The van der Waals surface area contributed by atoms with E-state index in [-0.39, 0.29) is 22.9 Å². The lowest BCUT2D eigenvalue weighted by Gasteiger charge is -2.26. The molecule has 0 unspecified atom stereocenters. The number of likely N-dealkylation sites (tertiary alicyclic amines) is 1. The number of nitriles is 1. The highest BCUT2D eigenvalue weighted by atomic mass is 16.5. The number of carbonyl (C=O) groups is 1. The predicted molar refractivity (Wildman–Crippen MR) is 121 cm³/mol. The molecule has 2 aromatic heterocycles. The standard InChI is InChI=1S/C25H24N4O3/c1-17-9-4-5-11-21(17)32-23-20(25(31)29-14-8-10-18(2)22(29)27-23)15-19(16-26)24(30)28-12-6-3-7-13-28/h4-5,8-11,14-15H,3,6-7,12-13H2,1-2H3. The fourth-order valence-electron chi connectivity index (χ4n) is 3.82. The molecule has 1 aliphatic rings. The molecule has 1 aromatic carbocycles. The molecule has 4 rings (SSSR count). The molecular weight excluding hydrogens is 404 g/mol. The third-order valence-electron chi connectivity index (χ3n) is 5.63. The van der Waals surface area contributed by atoms with Gasteiger partial charge in [0.05, 0.1) is 0 Å². The summed E-state index contributed by atoms with van der Waals surface area (Å²) in [4.78, 5) is 32.6. The topological polar surface area (TPSA) is 87.7 Å². The predicted octanol–water partition coefficient (Wildman–Crippen LogP) is 4.02. The van der Waals surface area contributed by atoms with Gasteiger partial charge in [-0.2, -0.15) is 10.2 Å². The molecule has 1 aliphatic heterocycles. The molecule has 0 bridgehead atoms. The van der Waals surface area contributed by atoms with Crippen LogP contribution in [0.15, 0.2) is 53.0 Å². The number of aryl methyl sites for hydroxylation is 2. The summed E-state index contributed by atoms with van der Waals surface area (Å²) in [6.45, 7) is 4.97. The Bertz CT molecular complexity index is 1310. The van der Waals surface area contributed by atoms with Crippen molar-refractivity contribution in [3.8, 4) is 17.7 Å². The van der Waals surface area contributed by atoms with Gasteiger partial charge in [0.1, 0.15) is 28.6 Å². The van der Waals surface area contributed by atoms with E-state index in [4.69, 9.17) is 4.74 Å². The van der Waals surface area contributed by atoms with Gasteiger partial charge in [0.15, 0.2) is 0 Å². The summed E-state index contributed by atoms with van der Waals surface area (Å²) in [5, 5.41) is 9.73. The van der Waals surface area contributed by atoms with E-state index in [0.717, 1.165) is 30.4 Å². The lowest BCUT2D eigenvalue weighted by molar-refractivity contribution is -0.127. The van der Waals surface area contributed by atoms with Crippen molar-refractivity contribution < 1.29 is 9.53 Å². The van der Waals surface area contributed by atoms with E-state index in [0.29, 0.717) is 24.5 Å². The number of hydrogen-bond donors (Lipinski definition) is 0. The van der Waals surface area contributed by atoms with Crippen molar-refractivity contribution in [3.63, 3.8) is 0 Å². The Morgan fingerprint density at radius 3 is 2.53 bits per heavy atom. The summed E-state index contributed by atoms with van der Waals surface area (Å²) in [5.41, 5.74) is 1.70. The van der Waals surface area contributed by atoms with E-state index in [1.807, 2.05) is 44.2 Å². The first kappa shape index (κ1) is 21.3. The Hall–Kier alpha value is -3.92. The number of pyridine rings is 1. The van der Waals surface area contributed by atoms with Crippen LogP contribution in [-0.2, 0) is 4.79 Å². The number of fused-ring (bicyclic) bond motifs is 1. The van der Waals surface area contributed by atoms with Crippen LogP contribution < -0.4 is 10.3 Å². The number of para-hydroxylation sites is 1. The van der Waals surface area contributed by atoms with E-state index >= 15 is 0 Å². The third-order valence-corrected chi connectivity index (χ3v) is 5.63. The summed E-state index contributed by atoms with van der Waals surface area (Å²) in [6, 6.07) is 13.0. The molecule has 1 saturated heterocycles. The van der Waals surface area contributed by atoms with Crippen LogP contribution in [-0.4, -0.2) is 33.3 Å². The fraction of sp³-hybridized carbons (Fsp3) is 0.280. The van der Waals surface area contributed by atoms with Crippen LogP contribution in [0.2, 0.25) is 0 Å². The molecule has 0 saturated carbocycles. The molecule has 32 heavy (non-hydrogen) atoms. The zero-order valence-electron chi connectivity index (χ0n) is 18.2. The van der Waals surface area contributed by atoms with Gasteiger partial charge in [-0.05, 0) is 62.4 Å². The van der Waals surface area contributed by atoms with Crippen LogP contribution in [0.3, 0.4) is 0 Å². The van der Waals surface area contributed by atoms with Crippen LogP contribution in [0, 0.1) is 25.2 Å². The number of benzene rings is 1. The molecule has 0 radical (unpaired) electrons. The molecule has 7 nitrogen and oxygen atoms in total. The minimum Gasteiger partial charge on any atom is -0.438 e. The van der Waals surface area contributed by atoms with Gasteiger partial charge in [0.2, 0.25) is 5.88 Å². The van der Waals surface area contributed by atoms with E-state index in [1.54, 1.807) is 23.2 Å². The number of aromatic nitrogens is 2. The second-order valence-corrected chi connectivity index (χ2v) is 7.91. The Labute approximate surface area is 186 Å². The first-order chi connectivity index (χ1) is 15.5. The van der Waals surface area contributed by atoms with Gasteiger partial charge >= 0.3 is 0 Å². The third kappa shape index (κ3) is 4.12. The summed E-state index contributed by atoms with van der Waals surface area (Å²) < 4.78 is 7.46. The molecule has 1 fully saturated rings. The van der Waals surface area contributed by atoms with Crippen molar-refractivity contribution in [3.05, 3.63) is 75.2 Å². The molecule has 3 aromatic rings. The van der Waals surface area contributed by atoms with Gasteiger partial charge in [0.25, 0.3) is 11.5 Å². The van der Waals surface area contributed by atoms with E-state index < -0.39 is 5.56 Å². The Morgan fingerprint density at radius 2 is 1.81 bits per heavy atom. The highest BCUT2D eigenvalue weighted by Crippen LogP contribution is 2.27. The van der Waals surface area contributed by atoms with Gasteiger partial charge in [-0.15, -0.1) is 0 Å². The molecule has 0 N–H and O–H groups in total. The first-order valence-corrected chi connectivity index (χ1v) is 10.7. The Kier molecular flexibility index (Phi) is 6.04. The Balaban J connectivity index is 1.88. The van der Waals surface area contributed by atoms with Crippen molar-refractivity contribution in [2.75, 3.05) is 13.1 Å². The fourth-order valence-corrected chi connectivity index (χ4v) is 3.82. The van der Waals surface area contributed by atoms with Crippen LogP contribution in [0.1, 0.15) is 36.0 Å². The minimum atomic E-state index is -0.401. The minimum absolute atomic E-state index is 0.0674. The zero-order chi connectivity index (χ0) is 22.7. The summed E-state index contributed by atoms with van der Waals surface area (Å²) >= 11 is 0. The second kappa shape index (κ2) is 9.06. The molecular formula is C25H24N4O3. The molecule has 1 amide bonds. The van der Waals surface area contributed by atoms with Gasteiger partial charge in [0, 0.05) is 19.3 Å². The largest absolute Gasteiger partial charge is 0.438 e. The van der Waals surface area contributed by atoms with Gasteiger partial charge < -0.3 is 9.64 Å². The summed E-state index contributed by atoms with van der Waals surface area (Å²) in [6.07, 6.45) is 5.82. The average molecular weight is 428 g/mol. The summed E-state index contributed by atoms with van der Waals surface area (Å²) in [7, 11) is 0. The van der Waals surface area contributed by atoms with Gasteiger partial charge in [-0.25, -0.2) is 0 Å². The highest BCUT2D eigenvalue weighted by Gasteiger charge is 2.23. The number of ether oxygens (including phenoxy) is 1. The molecule has 0 spiro atoms. The van der Waals surface area contributed by atoms with E-state index in [1.165, 1.54) is 10.5 Å². The number of amides is 1.